The average Bonchev–Trinajstić information content (AvgIpc) is 1.31. The first-order chi connectivity index (χ1) is 2.94. The van der Waals surface area contributed by atoms with Crippen LogP contribution in [0.4, 0.5) is 4.79 Å². The van der Waals surface area contributed by atoms with Crippen LogP contribution in [-0.2, 0) is 0 Å². The van der Waals surface area contributed by atoms with E-state index < -0.39 is 9.55 Å². The van der Waals surface area contributed by atoms with Gasteiger partial charge in [-0.1, -0.05) is 0 Å². The van der Waals surface area contributed by atoms with E-state index in [9.17, 15) is 10.0 Å². The van der Waals surface area contributed by atoms with Crippen molar-refractivity contribution >= 4 is 31.7 Å². The van der Waals surface area contributed by atoms with Gasteiger partial charge < -0.3 is 10.3 Å². The molecule has 0 rings (SSSR count). The van der Waals surface area contributed by atoms with Gasteiger partial charge in [0.15, 0.2) is 0 Å². The number of carboxylic acid groups (broad SMARTS) is 1. The van der Waals surface area contributed by atoms with Crippen LogP contribution in [0, 0.1) is 5.21 Å². The zero-order valence-electron chi connectivity index (χ0n) is 3.11. The molecule has 0 aliphatic heterocycles. The maximum Gasteiger partial charge on any atom is 0.537 e. The summed E-state index contributed by atoms with van der Waals surface area (Å²) in [6.45, 7) is 0. The first-order valence-corrected chi connectivity index (χ1v) is 2.03. The largest absolute Gasteiger partial charge is 0.598 e. The highest BCUT2D eigenvalue weighted by atomic mass is 32.2. The normalized spacial score (nSPS) is 11.3. The van der Waals surface area contributed by atoms with E-state index in [0.717, 1.165) is 0 Å². The van der Waals surface area contributed by atoms with Gasteiger partial charge in [0.05, 0.1) is 25.6 Å². The molecule has 0 spiro atoms. The molecule has 0 saturated heterocycles. The molecule has 0 heterocycles. The molecule has 0 fully saturated rings. The monoisotopic (exact) mass is 141 g/mol. The molecule has 0 aromatic rings. The van der Waals surface area contributed by atoms with Crippen molar-refractivity contribution in [2.45, 2.75) is 0 Å². The van der Waals surface area contributed by atoms with Crippen LogP contribution in [0.2, 0.25) is 0 Å². The van der Waals surface area contributed by atoms with E-state index in [2.05, 4.69) is 25.6 Å². The zero-order valence-corrected chi connectivity index (χ0v) is 4.89. The molecule has 0 unspecified atom stereocenters. The second-order valence-corrected chi connectivity index (χ2v) is 2.27. The summed E-state index contributed by atoms with van der Waals surface area (Å²) in [6, 6.07) is 0. The molecule has 0 atom stereocenters. The standard InChI is InChI=1S/CH3NO3S2/c3-1(4)2(5,6)7/h6-7H,(H,3,4). The molecule has 0 aromatic carbocycles. The van der Waals surface area contributed by atoms with Crippen LogP contribution in [0.25, 0.3) is 0 Å². The Morgan fingerprint density at radius 1 is 1.71 bits per heavy atom. The lowest BCUT2D eigenvalue weighted by molar-refractivity contribution is -0.486. The molecule has 42 valence electrons. The molecular weight excluding hydrogens is 138 g/mol. The van der Waals surface area contributed by atoms with E-state index in [4.69, 9.17) is 5.11 Å². The molecule has 0 saturated carbocycles. The van der Waals surface area contributed by atoms with Gasteiger partial charge in [-0.2, -0.15) is 4.79 Å². The predicted octanol–water partition coefficient (Wildman–Crippen LogP) is 0.669. The van der Waals surface area contributed by atoms with Crippen molar-refractivity contribution < 1.29 is 13.4 Å². The van der Waals surface area contributed by atoms with Crippen molar-refractivity contribution in [3.05, 3.63) is 5.21 Å². The van der Waals surface area contributed by atoms with Gasteiger partial charge in [-0.25, -0.2) is 0 Å². The highest BCUT2D eigenvalue weighted by molar-refractivity contribution is 7.88. The Kier molecular flexibility index (Phi) is 1.93. The Morgan fingerprint density at radius 2 is 1.86 bits per heavy atom. The molecule has 7 heavy (non-hydrogen) atoms. The van der Waals surface area contributed by atoms with Crippen molar-refractivity contribution in [1.82, 2.24) is 0 Å². The van der Waals surface area contributed by atoms with Crippen molar-refractivity contribution in [3.63, 3.8) is 0 Å². The van der Waals surface area contributed by atoms with Crippen LogP contribution < -0.4 is 0 Å². The molecule has 1 amide bonds. The SMILES string of the molecule is O=C(O)[N+]([O-])(S)S. The Morgan fingerprint density at radius 3 is 1.86 bits per heavy atom. The van der Waals surface area contributed by atoms with Gasteiger partial charge in [-0.3, -0.25) is 0 Å². The van der Waals surface area contributed by atoms with E-state index >= 15 is 0 Å². The average molecular weight is 141 g/mol. The number of carbonyl (C=O) groups is 1. The van der Waals surface area contributed by atoms with Gasteiger partial charge >= 0.3 is 6.09 Å². The van der Waals surface area contributed by atoms with Gasteiger partial charge in [0.1, 0.15) is 0 Å². The van der Waals surface area contributed by atoms with Crippen molar-refractivity contribution in [3.8, 4) is 0 Å². The highest BCUT2D eigenvalue weighted by Crippen LogP contribution is 2.11. The molecular formula is CH3NO3S2. The first kappa shape index (κ1) is 7.09. The second-order valence-electron chi connectivity index (χ2n) is 0.827. The van der Waals surface area contributed by atoms with Crippen LogP contribution in [0.3, 0.4) is 0 Å². The summed E-state index contributed by atoms with van der Waals surface area (Å²) in [7, 11) is 0. The number of thiol groups is 2. The van der Waals surface area contributed by atoms with E-state index in [0.29, 0.717) is 0 Å². The smallest absolute Gasteiger partial charge is 0.537 e. The molecule has 1 N–H and O–H groups in total. The zero-order chi connectivity index (χ0) is 6.08. The summed E-state index contributed by atoms with van der Waals surface area (Å²) >= 11 is 5.99. The number of hydroxylamine groups is 1. The van der Waals surface area contributed by atoms with Crippen LogP contribution in [0.15, 0.2) is 0 Å². The van der Waals surface area contributed by atoms with Crippen molar-refractivity contribution in [2.24, 2.45) is 0 Å². The molecule has 0 aromatic heterocycles. The third-order valence-corrected chi connectivity index (χ3v) is 0.591. The van der Waals surface area contributed by atoms with E-state index in [1.807, 2.05) is 0 Å². The Balaban J connectivity index is 3.79. The van der Waals surface area contributed by atoms with E-state index in [-0.39, 0.29) is 0 Å². The third-order valence-electron chi connectivity index (χ3n) is 0.249. The summed E-state index contributed by atoms with van der Waals surface area (Å²) in [5, 5.41) is 17.6. The van der Waals surface area contributed by atoms with Crippen LogP contribution in [0.1, 0.15) is 0 Å². The van der Waals surface area contributed by atoms with Crippen molar-refractivity contribution in [2.75, 3.05) is 0 Å². The van der Waals surface area contributed by atoms with E-state index in [1.165, 1.54) is 0 Å². The van der Waals surface area contributed by atoms with Crippen LogP contribution in [0.5, 0.6) is 0 Å². The van der Waals surface area contributed by atoms with Gasteiger partial charge in [-0.05, 0) is 0 Å². The van der Waals surface area contributed by atoms with Gasteiger partial charge in [-0.15, -0.1) is 3.46 Å². The Hall–Kier alpha value is 0.0900. The quantitative estimate of drug-likeness (QED) is 0.264. The lowest BCUT2D eigenvalue weighted by Gasteiger charge is -2.18. The fourth-order valence-corrected chi connectivity index (χ4v) is 0. The Labute approximate surface area is 51.0 Å². The first-order valence-electron chi connectivity index (χ1n) is 1.23. The third kappa shape index (κ3) is 2.75. The molecule has 0 radical (unpaired) electrons. The number of quaternary nitrogens is 1. The summed E-state index contributed by atoms with van der Waals surface area (Å²) in [4.78, 5) is 9.53. The number of hydrogen-bond acceptors (Lipinski definition) is 4. The van der Waals surface area contributed by atoms with E-state index in [1.54, 1.807) is 0 Å². The summed E-state index contributed by atoms with van der Waals surface area (Å²) in [6.07, 6.45) is -1.65. The van der Waals surface area contributed by atoms with Gasteiger partial charge in [0, 0.05) is 0 Å². The molecule has 0 aliphatic carbocycles. The minimum Gasteiger partial charge on any atom is -0.598 e. The topological polar surface area (TPSA) is 60.4 Å². The molecule has 0 aliphatic rings. The lowest BCUT2D eigenvalue weighted by Crippen LogP contribution is -2.25. The highest BCUT2D eigenvalue weighted by Gasteiger charge is 2.16. The molecule has 6 heteroatoms. The molecule has 0 bridgehead atoms. The summed E-state index contributed by atoms with van der Waals surface area (Å²) < 4.78 is -1.89. The maximum absolute atomic E-state index is 9.87. The minimum absolute atomic E-state index is 1.65. The van der Waals surface area contributed by atoms with Crippen molar-refractivity contribution in [1.29, 1.82) is 0 Å². The number of hydrogen-bond donors (Lipinski definition) is 3. The van der Waals surface area contributed by atoms with Gasteiger partial charge in [0.25, 0.3) is 0 Å². The van der Waals surface area contributed by atoms with Gasteiger partial charge in [0.2, 0.25) is 0 Å². The van der Waals surface area contributed by atoms with Crippen LogP contribution in [-0.4, -0.2) is 14.7 Å². The summed E-state index contributed by atoms with van der Waals surface area (Å²) in [5.41, 5.74) is 0. The Bertz CT molecular complexity index is 85.4. The molecule has 4 nitrogen and oxygen atoms in total. The summed E-state index contributed by atoms with van der Waals surface area (Å²) in [5.74, 6) is 0. The second kappa shape index (κ2) is 1.91. The maximum atomic E-state index is 9.87. The minimum atomic E-state index is -1.89. The number of rotatable bonds is 0. The fourth-order valence-electron chi connectivity index (χ4n) is 0. The van der Waals surface area contributed by atoms with Crippen LogP contribution >= 0.6 is 25.6 Å². The number of amides is 1. The number of nitrogens with zero attached hydrogens (tertiary/aromatic N) is 1. The lowest BCUT2D eigenvalue weighted by atomic mass is 11.3. The fraction of sp³-hybridized carbons (Fsp3) is 0. The predicted molar refractivity (Wildman–Crippen MR) is 29.6 cm³/mol.